The Morgan fingerprint density at radius 3 is 2.16 bits per heavy atom. The molecule has 0 aliphatic rings. The first-order valence-corrected chi connectivity index (χ1v) is 16.0. The van der Waals surface area contributed by atoms with Gasteiger partial charge in [-0.2, -0.15) is 0 Å². The zero-order valence-corrected chi connectivity index (χ0v) is 24.0. The SMILES string of the molecule is CCCCCCCC/C=C\CCCCCCCC(=O)N[C@H](COP(=O)(O)O)Cc1cccc2ccccc12. The van der Waals surface area contributed by atoms with Gasteiger partial charge in [0.15, 0.2) is 0 Å². The maximum absolute atomic E-state index is 12.6. The van der Waals surface area contributed by atoms with Crippen LogP contribution in [0.1, 0.15) is 102 Å². The first kappa shape index (κ1) is 32.2. The van der Waals surface area contributed by atoms with Gasteiger partial charge >= 0.3 is 7.82 Å². The van der Waals surface area contributed by atoms with Crippen molar-refractivity contribution < 1.29 is 23.7 Å². The van der Waals surface area contributed by atoms with Crippen molar-refractivity contribution in [1.29, 1.82) is 0 Å². The molecular weight excluding hydrogens is 497 g/mol. The van der Waals surface area contributed by atoms with Gasteiger partial charge < -0.3 is 15.1 Å². The van der Waals surface area contributed by atoms with E-state index < -0.39 is 13.9 Å². The second-order valence-electron chi connectivity index (χ2n) is 10.2. The third-order valence-electron chi connectivity index (χ3n) is 6.82. The first-order valence-electron chi connectivity index (χ1n) is 14.5. The van der Waals surface area contributed by atoms with E-state index >= 15 is 0 Å². The van der Waals surface area contributed by atoms with Gasteiger partial charge in [0.05, 0.1) is 12.6 Å². The highest BCUT2D eigenvalue weighted by atomic mass is 31.2. The lowest BCUT2D eigenvalue weighted by molar-refractivity contribution is -0.122. The molecular formula is C31H48NO5P. The molecule has 0 heterocycles. The number of phosphoric ester groups is 1. The van der Waals surface area contributed by atoms with Crippen LogP contribution in [0.4, 0.5) is 0 Å². The zero-order chi connectivity index (χ0) is 27.5. The van der Waals surface area contributed by atoms with Crippen LogP contribution in [0.5, 0.6) is 0 Å². The van der Waals surface area contributed by atoms with Crippen molar-refractivity contribution in [3.8, 4) is 0 Å². The molecule has 0 aliphatic heterocycles. The van der Waals surface area contributed by atoms with Crippen molar-refractivity contribution in [2.75, 3.05) is 6.61 Å². The number of hydrogen-bond donors (Lipinski definition) is 3. The lowest BCUT2D eigenvalue weighted by Crippen LogP contribution is -2.39. The molecule has 0 unspecified atom stereocenters. The van der Waals surface area contributed by atoms with E-state index in [-0.39, 0.29) is 12.5 Å². The maximum Gasteiger partial charge on any atom is 0.469 e. The molecule has 0 spiro atoms. The van der Waals surface area contributed by atoms with Crippen molar-refractivity contribution in [1.82, 2.24) is 5.32 Å². The summed E-state index contributed by atoms with van der Waals surface area (Å²) in [6, 6.07) is 13.4. The van der Waals surface area contributed by atoms with Gasteiger partial charge in [0.25, 0.3) is 0 Å². The molecule has 3 N–H and O–H groups in total. The lowest BCUT2D eigenvalue weighted by Gasteiger charge is -2.20. The van der Waals surface area contributed by atoms with Crippen molar-refractivity contribution in [3.05, 3.63) is 60.2 Å². The number of fused-ring (bicyclic) bond motifs is 1. The normalized spacial score (nSPS) is 12.8. The molecule has 2 aromatic rings. The largest absolute Gasteiger partial charge is 0.469 e. The summed E-state index contributed by atoms with van der Waals surface area (Å²) in [5.74, 6) is -0.109. The summed E-state index contributed by atoms with van der Waals surface area (Å²) >= 11 is 0. The number of hydrogen-bond acceptors (Lipinski definition) is 3. The Labute approximate surface area is 229 Å². The number of amides is 1. The van der Waals surface area contributed by atoms with E-state index in [2.05, 4.69) is 24.4 Å². The van der Waals surface area contributed by atoms with E-state index in [4.69, 9.17) is 14.3 Å². The predicted molar refractivity (Wildman–Crippen MR) is 157 cm³/mol. The van der Waals surface area contributed by atoms with Crippen LogP contribution >= 0.6 is 7.82 Å². The Balaban J connectivity index is 1.64. The average Bonchev–Trinajstić information content (AvgIpc) is 2.89. The van der Waals surface area contributed by atoms with Gasteiger partial charge in [-0.15, -0.1) is 0 Å². The summed E-state index contributed by atoms with van der Waals surface area (Å²) in [5, 5.41) is 5.08. The fraction of sp³-hybridized carbons (Fsp3) is 0.581. The van der Waals surface area contributed by atoms with Gasteiger partial charge in [0.2, 0.25) is 5.91 Å². The number of benzene rings is 2. The van der Waals surface area contributed by atoms with Crippen LogP contribution < -0.4 is 5.32 Å². The number of allylic oxidation sites excluding steroid dienone is 2. The third kappa shape index (κ3) is 14.8. The number of nitrogens with one attached hydrogen (secondary N) is 1. The van der Waals surface area contributed by atoms with Gasteiger partial charge in [0.1, 0.15) is 0 Å². The molecule has 0 aromatic heterocycles. The second kappa shape index (κ2) is 19.1. The zero-order valence-electron chi connectivity index (χ0n) is 23.2. The Kier molecular flexibility index (Phi) is 16.2. The first-order chi connectivity index (χ1) is 18.4. The van der Waals surface area contributed by atoms with Crippen molar-refractivity contribution in [2.24, 2.45) is 0 Å². The summed E-state index contributed by atoms with van der Waals surface area (Å²) in [4.78, 5) is 30.9. The Hall–Kier alpha value is -1.98. The number of carbonyl (C=O) groups excluding carboxylic acids is 1. The quantitative estimate of drug-likeness (QED) is 0.0839. The minimum absolute atomic E-state index is 0.109. The Morgan fingerprint density at radius 2 is 1.47 bits per heavy atom. The van der Waals surface area contributed by atoms with E-state index in [1.165, 1.54) is 57.8 Å². The maximum atomic E-state index is 12.6. The summed E-state index contributed by atoms with van der Waals surface area (Å²) < 4.78 is 16.0. The van der Waals surface area contributed by atoms with Crippen LogP contribution in [0.3, 0.4) is 0 Å². The summed E-state index contributed by atoms with van der Waals surface area (Å²) in [6.45, 7) is 2.01. The molecule has 6 nitrogen and oxygen atoms in total. The van der Waals surface area contributed by atoms with E-state index in [1.807, 2.05) is 42.5 Å². The molecule has 0 aliphatic carbocycles. The molecule has 0 fully saturated rings. The van der Waals surface area contributed by atoms with Crippen LogP contribution in [0.25, 0.3) is 10.8 Å². The van der Waals surface area contributed by atoms with Crippen molar-refractivity contribution in [2.45, 2.75) is 109 Å². The van der Waals surface area contributed by atoms with E-state index in [9.17, 15) is 9.36 Å². The van der Waals surface area contributed by atoms with Crippen LogP contribution in [0.2, 0.25) is 0 Å². The molecule has 0 bridgehead atoms. The van der Waals surface area contributed by atoms with Gasteiger partial charge in [-0.3, -0.25) is 9.32 Å². The molecule has 0 saturated carbocycles. The summed E-state index contributed by atoms with van der Waals surface area (Å²) in [7, 11) is -4.63. The highest BCUT2D eigenvalue weighted by molar-refractivity contribution is 7.46. The molecule has 38 heavy (non-hydrogen) atoms. The molecule has 7 heteroatoms. The molecule has 212 valence electrons. The number of carbonyl (C=O) groups is 1. The Morgan fingerprint density at radius 1 is 0.868 bits per heavy atom. The van der Waals surface area contributed by atoms with E-state index in [0.717, 1.165) is 42.0 Å². The topological polar surface area (TPSA) is 95.9 Å². The average molecular weight is 546 g/mol. The lowest BCUT2D eigenvalue weighted by atomic mass is 9.99. The molecule has 2 rings (SSSR count). The van der Waals surface area contributed by atoms with E-state index in [0.29, 0.717) is 12.8 Å². The standard InChI is InChI=1S/C31H48NO5P/c1-2-3-4-5-6-7-8-9-10-11-12-13-14-15-16-24-31(33)32-29(26-37-38(34,35)36)25-28-22-19-21-27-20-17-18-23-30(27)28/h9-10,17-23,29H,2-8,11-16,24-26H2,1H3,(H,32,33)(H2,34,35,36)/b10-9-/t29-/m0/s1. The minimum atomic E-state index is -4.63. The summed E-state index contributed by atoms with van der Waals surface area (Å²) in [6.07, 6.45) is 21.1. The fourth-order valence-electron chi connectivity index (χ4n) is 4.73. The number of phosphoric acid groups is 1. The highest BCUT2D eigenvalue weighted by Crippen LogP contribution is 2.36. The fourth-order valence-corrected chi connectivity index (χ4v) is 5.10. The molecule has 2 aromatic carbocycles. The van der Waals surface area contributed by atoms with Gasteiger partial charge in [0, 0.05) is 6.42 Å². The minimum Gasteiger partial charge on any atom is -0.351 e. The molecule has 1 amide bonds. The van der Waals surface area contributed by atoms with Crippen LogP contribution in [0.15, 0.2) is 54.6 Å². The van der Waals surface area contributed by atoms with Gasteiger partial charge in [-0.1, -0.05) is 113 Å². The second-order valence-corrected chi connectivity index (χ2v) is 11.5. The van der Waals surface area contributed by atoms with Gasteiger partial charge in [-0.05, 0) is 54.9 Å². The monoisotopic (exact) mass is 545 g/mol. The third-order valence-corrected chi connectivity index (χ3v) is 7.31. The number of unbranched alkanes of at least 4 members (excludes halogenated alkanes) is 11. The van der Waals surface area contributed by atoms with E-state index in [1.54, 1.807) is 0 Å². The van der Waals surface area contributed by atoms with Crippen LogP contribution in [-0.4, -0.2) is 28.3 Å². The smallest absolute Gasteiger partial charge is 0.351 e. The Bertz CT molecular complexity index is 997. The van der Waals surface area contributed by atoms with Crippen LogP contribution in [-0.2, 0) is 20.3 Å². The predicted octanol–water partition coefficient (Wildman–Crippen LogP) is 8.01. The van der Waals surface area contributed by atoms with Crippen LogP contribution in [0, 0.1) is 0 Å². The molecule has 0 radical (unpaired) electrons. The van der Waals surface area contributed by atoms with Crippen molar-refractivity contribution >= 4 is 24.5 Å². The summed E-state index contributed by atoms with van der Waals surface area (Å²) in [5.41, 5.74) is 1.00. The van der Waals surface area contributed by atoms with Crippen molar-refractivity contribution in [3.63, 3.8) is 0 Å². The van der Waals surface area contributed by atoms with Gasteiger partial charge in [-0.25, -0.2) is 4.57 Å². The highest BCUT2D eigenvalue weighted by Gasteiger charge is 2.21. The molecule has 0 saturated heterocycles. The number of rotatable bonds is 21. The molecule has 1 atom stereocenters.